The van der Waals surface area contributed by atoms with Gasteiger partial charge >= 0.3 is 0 Å². The fourth-order valence-corrected chi connectivity index (χ4v) is 3.36. The van der Waals surface area contributed by atoms with Crippen LogP contribution in [0.2, 0.25) is 10.0 Å². The fraction of sp³-hybridized carbons (Fsp3) is 0.588. The van der Waals surface area contributed by atoms with Gasteiger partial charge in [0, 0.05) is 20.0 Å². The van der Waals surface area contributed by atoms with Crippen LogP contribution in [-0.2, 0) is 11.3 Å². The van der Waals surface area contributed by atoms with E-state index >= 15 is 0 Å². The number of hydrogen-bond donors (Lipinski definition) is 1. The molecule has 5 heteroatoms. The van der Waals surface area contributed by atoms with Crippen molar-refractivity contribution in [1.82, 2.24) is 10.2 Å². The molecule has 1 N–H and O–H groups in total. The molecule has 0 aliphatic carbocycles. The van der Waals surface area contributed by atoms with Crippen molar-refractivity contribution < 1.29 is 4.79 Å². The summed E-state index contributed by atoms with van der Waals surface area (Å²) in [5.74, 6) is 1.16. The standard InChI is InChI=1S/C17H24Cl2N2O/c1-12(13-6-4-8-20-10-13)9-16(22)21(2)11-14-5-3-7-15(18)17(14)19/h3,5,7,12-13,20H,4,6,8-11H2,1-2H3. The van der Waals surface area contributed by atoms with E-state index in [1.54, 1.807) is 11.0 Å². The number of hydrogen-bond acceptors (Lipinski definition) is 2. The molecule has 0 saturated carbocycles. The molecule has 1 heterocycles. The zero-order valence-corrected chi connectivity index (χ0v) is 14.8. The molecule has 2 rings (SSSR count). The maximum Gasteiger partial charge on any atom is 0.222 e. The number of carbonyl (C=O) groups is 1. The molecule has 1 aliphatic heterocycles. The van der Waals surface area contributed by atoms with Crippen LogP contribution in [0.1, 0.15) is 31.7 Å². The zero-order chi connectivity index (χ0) is 16.1. The Labute approximate surface area is 143 Å². The molecular weight excluding hydrogens is 319 g/mol. The van der Waals surface area contributed by atoms with Crippen LogP contribution in [0.5, 0.6) is 0 Å². The van der Waals surface area contributed by atoms with Gasteiger partial charge in [0.1, 0.15) is 0 Å². The first-order chi connectivity index (χ1) is 10.5. The lowest BCUT2D eigenvalue weighted by atomic mass is 9.85. The highest BCUT2D eigenvalue weighted by molar-refractivity contribution is 6.42. The average molecular weight is 343 g/mol. The van der Waals surface area contributed by atoms with E-state index in [9.17, 15) is 4.79 Å². The summed E-state index contributed by atoms with van der Waals surface area (Å²) in [6.45, 7) is 4.80. The van der Waals surface area contributed by atoms with E-state index in [0.29, 0.717) is 34.8 Å². The van der Waals surface area contributed by atoms with Gasteiger partial charge in [0.05, 0.1) is 10.0 Å². The van der Waals surface area contributed by atoms with Gasteiger partial charge in [-0.2, -0.15) is 0 Å². The predicted octanol–water partition coefficient (Wildman–Crippen LogP) is 3.98. The van der Waals surface area contributed by atoms with Crippen LogP contribution in [-0.4, -0.2) is 30.9 Å². The Morgan fingerprint density at radius 2 is 2.23 bits per heavy atom. The number of rotatable bonds is 5. The molecule has 1 aromatic rings. The molecule has 122 valence electrons. The Morgan fingerprint density at radius 1 is 1.45 bits per heavy atom. The summed E-state index contributed by atoms with van der Waals surface area (Å²) in [5.41, 5.74) is 0.886. The molecule has 1 aliphatic rings. The molecule has 1 saturated heterocycles. The number of halogens is 2. The second-order valence-corrected chi connectivity index (χ2v) is 7.04. The number of amides is 1. The summed E-state index contributed by atoms with van der Waals surface area (Å²) in [6.07, 6.45) is 3.00. The first-order valence-corrected chi connectivity index (χ1v) is 8.62. The fourth-order valence-electron chi connectivity index (χ4n) is 2.98. The van der Waals surface area contributed by atoms with Crippen LogP contribution >= 0.6 is 23.2 Å². The smallest absolute Gasteiger partial charge is 0.222 e. The number of benzene rings is 1. The number of carbonyl (C=O) groups excluding carboxylic acids is 1. The Hall–Kier alpha value is -0.770. The number of nitrogens with zero attached hydrogens (tertiary/aromatic N) is 1. The average Bonchev–Trinajstić information content (AvgIpc) is 2.52. The van der Waals surface area contributed by atoms with Crippen molar-refractivity contribution in [3.63, 3.8) is 0 Å². The third-order valence-corrected chi connectivity index (χ3v) is 5.36. The quantitative estimate of drug-likeness (QED) is 0.877. The maximum absolute atomic E-state index is 12.4. The van der Waals surface area contributed by atoms with E-state index in [0.717, 1.165) is 18.7 Å². The normalized spacial score (nSPS) is 19.7. The van der Waals surface area contributed by atoms with Crippen LogP contribution in [0.25, 0.3) is 0 Å². The van der Waals surface area contributed by atoms with Crippen molar-refractivity contribution in [2.24, 2.45) is 11.8 Å². The molecule has 1 fully saturated rings. The van der Waals surface area contributed by atoms with Crippen LogP contribution < -0.4 is 5.32 Å². The molecular formula is C17H24Cl2N2O. The Balaban J connectivity index is 1.90. The first-order valence-electron chi connectivity index (χ1n) is 7.86. The molecule has 1 aromatic carbocycles. The molecule has 2 unspecified atom stereocenters. The Bertz CT molecular complexity index is 515. The summed E-state index contributed by atoms with van der Waals surface area (Å²) in [4.78, 5) is 14.2. The van der Waals surface area contributed by atoms with Crippen LogP contribution in [0.15, 0.2) is 18.2 Å². The van der Waals surface area contributed by atoms with Gasteiger partial charge in [0.15, 0.2) is 0 Å². The van der Waals surface area contributed by atoms with E-state index in [2.05, 4.69) is 12.2 Å². The first kappa shape index (κ1) is 17.6. The number of piperidine rings is 1. The van der Waals surface area contributed by atoms with E-state index in [4.69, 9.17) is 23.2 Å². The highest BCUT2D eigenvalue weighted by Crippen LogP contribution is 2.27. The van der Waals surface area contributed by atoms with Gasteiger partial charge in [-0.05, 0) is 49.4 Å². The maximum atomic E-state index is 12.4. The van der Waals surface area contributed by atoms with Gasteiger partial charge in [-0.25, -0.2) is 0 Å². The van der Waals surface area contributed by atoms with Gasteiger partial charge in [-0.15, -0.1) is 0 Å². The monoisotopic (exact) mass is 342 g/mol. The minimum Gasteiger partial charge on any atom is -0.341 e. The molecule has 0 spiro atoms. The SMILES string of the molecule is CC(CC(=O)N(C)Cc1cccc(Cl)c1Cl)C1CCCNC1. The van der Waals surface area contributed by atoms with Gasteiger partial charge in [0.25, 0.3) is 0 Å². The molecule has 3 nitrogen and oxygen atoms in total. The number of nitrogens with one attached hydrogen (secondary N) is 1. The van der Waals surface area contributed by atoms with Crippen LogP contribution in [0.4, 0.5) is 0 Å². The topological polar surface area (TPSA) is 32.3 Å². The summed E-state index contributed by atoms with van der Waals surface area (Å²) in [7, 11) is 1.82. The zero-order valence-electron chi connectivity index (χ0n) is 13.2. The highest BCUT2D eigenvalue weighted by Gasteiger charge is 2.23. The van der Waals surface area contributed by atoms with Crippen molar-refractivity contribution in [2.75, 3.05) is 20.1 Å². The Kier molecular flexibility index (Phi) is 6.54. The third-order valence-electron chi connectivity index (χ3n) is 4.50. The van der Waals surface area contributed by atoms with Crippen LogP contribution in [0, 0.1) is 11.8 Å². The van der Waals surface area contributed by atoms with Crippen molar-refractivity contribution in [2.45, 2.75) is 32.7 Å². The summed E-state index contributed by atoms with van der Waals surface area (Å²) < 4.78 is 0. The second-order valence-electron chi connectivity index (χ2n) is 6.25. The Morgan fingerprint density at radius 3 is 2.91 bits per heavy atom. The van der Waals surface area contributed by atoms with Crippen LogP contribution in [0.3, 0.4) is 0 Å². The lowest BCUT2D eigenvalue weighted by molar-refractivity contribution is -0.131. The molecule has 22 heavy (non-hydrogen) atoms. The van der Waals surface area contributed by atoms with E-state index in [-0.39, 0.29) is 5.91 Å². The van der Waals surface area contributed by atoms with Crippen molar-refractivity contribution in [3.8, 4) is 0 Å². The largest absolute Gasteiger partial charge is 0.341 e. The van der Waals surface area contributed by atoms with Crippen molar-refractivity contribution >= 4 is 29.1 Å². The molecule has 0 radical (unpaired) electrons. The summed E-state index contributed by atoms with van der Waals surface area (Å²) in [5, 5.41) is 4.48. The van der Waals surface area contributed by atoms with Gasteiger partial charge in [-0.1, -0.05) is 42.3 Å². The summed E-state index contributed by atoms with van der Waals surface area (Å²) >= 11 is 12.2. The third kappa shape index (κ3) is 4.61. The van der Waals surface area contributed by atoms with Gasteiger partial charge < -0.3 is 10.2 Å². The predicted molar refractivity (Wildman–Crippen MR) is 92.3 cm³/mol. The van der Waals surface area contributed by atoms with E-state index in [1.807, 2.05) is 19.2 Å². The molecule has 0 aromatic heterocycles. The van der Waals surface area contributed by atoms with Gasteiger partial charge in [0.2, 0.25) is 5.91 Å². The van der Waals surface area contributed by atoms with Gasteiger partial charge in [-0.3, -0.25) is 4.79 Å². The second kappa shape index (κ2) is 8.19. The minimum absolute atomic E-state index is 0.161. The lowest BCUT2D eigenvalue weighted by Crippen LogP contribution is -2.36. The van der Waals surface area contributed by atoms with Crippen molar-refractivity contribution in [1.29, 1.82) is 0 Å². The lowest BCUT2D eigenvalue weighted by Gasteiger charge is -2.29. The minimum atomic E-state index is 0.161. The highest BCUT2D eigenvalue weighted by atomic mass is 35.5. The summed E-state index contributed by atoms with van der Waals surface area (Å²) in [6, 6.07) is 5.53. The molecule has 1 amide bonds. The van der Waals surface area contributed by atoms with E-state index in [1.165, 1.54) is 12.8 Å². The molecule has 0 bridgehead atoms. The van der Waals surface area contributed by atoms with E-state index < -0.39 is 0 Å². The molecule has 2 atom stereocenters. The van der Waals surface area contributed by atoms with Crippen molar-refractivity contribution in [3.05, 3.63) is 33.8 Å².